The number of hydrogen-bond donors (Lipinski definition) is 2. The number of amides is 4. The lowest BCUT2D eigenvalue weighted by Gasteiger charge is -2.54. The minimum atomic E-state index is -0.862. The molecule has 6 rings (SSSR count). The Hall–Kier alpha value is -5.34. The summed E-state index contributed by atoms with van der Waals surface area (Å²) in [5.74, 6) is 2.27. The number of carbonyl (C=O) groups excluding carboxylic acids is 3. The Kier molecular flexibility index (Phi) is 7.91. The van der Waals surface area contributed by atoms with Gasteiger partial charge in [-0.05, 0) is 28.8 Å². The minimum Gasteiger partial charge on any atom is -0.508 e. The highest BCUT2D eigenvalue weighted by atomic mass is 16.3. The van der Waals surface area contributed by atoms with Crippen molar-refractivity contribution in [3.05, 3.63) is 95.7 Å². The van der Waals surface area contributed by atoms with Gasteiger partial charge in [-0.2, -0.15) is 5.10 Å². The SMILES string of the molecule is C#CCn1ncc2cccc(CN3C[C@H]4N(C(=O)CN(C)N4C(=O)NCc4ccccc4)[C@@H](Cc4ccc(O)cc4)C3=O)c21. The number of terminal acetylenes is 1. The molecule has 3 aromatic carbocycles. The summed E-state index contributed by atoms with van der Waals surface area (Å²) in [6.07, 6.45) is 6.82. The standard InChI is InChI=1S/C33H33N7O4/c1-3-16-38-31-25(19-35-38)10-7-11-26(31)20-37-21-29-39(28(32(37)43)17-23-12-14-27(41)15-13-23)30(42)22-36(2)40(29)33(44)34-18-24-8-5-4-6-9-24/h1,4-15,19,28-29,41H,16-18,20-22H2,2H3,(H,34,44)/t28-,29-/m0/s1. The minimum absolute atomic E-state index is 0.0564. The Bertz CT molecular complexity index is 1730. The third-order valence-corrected chi connectivity index (χ3v) is 8.15. The molecular formula is C33H33N7O4. The molecule has 2 aliphatic rings. The number of phenols is 1. The highest BCUT2D eigenvalue weighted by Crippen LogP contribution is 2.30. The lowest BCUT2D eigenvalue weighted by molar-refractivity contribution is -0.187. The Balaban J connectivity index is 1.35. The van der Waals surface area contributed by atoms with Crippen molar-refractivity contribution in [3.63, 3.8) is 0 Å². The number of urea groups is 1. The maximum absolute atomic E-state index is 14.3. The monoisotopic (exact) mass is 591 g/mol. The van der Waals surface area contributed by atoms with E-state index in [0.29, 0.717) is 6.54 Å². The van der Waals surface area contributed by atoms with Gasteiger partial charge in [0.1, 0.15) is 24.5 Å². The van der Waals surface area contributed by atoms with Crippen molar-refractivity contribution >= 4 is 28.7 Å². The number of aromatic hydroxyl groups is 1. The second-order valence-electron chi connectivity index (χ2n) is 11.1. The van der Waals surface area contributed by atoms with Crippen molar-refractivity contribution in [3.8, 4) is 18.1 Å². The molecule has 44 heavy (non-hydrogen) atoms. The third kappa shape index (κ3) is 5.55. The van der Waals surface area contributed by atoms with Gasteiger partial charge in [0.15, 0.2) is 0 Å². The van der Waals surface area contributed by atoms with E-state index < -0.39 is 12.2 Å². The Morgan fingerprint density at radius 3 is 2.57 bits per heavy atom. The van der Waals surface area contributed by atoms with Crippen molar-refractivity contribution < 1.29 is 19.5 Å². The molecule has 0 spiro atoms. The molecule has 0 saturated carbocycles. The van der Waals surface area contributed by atoms with Gasteiger partial charge in [-0.25, -0.2) is 14.8 Å². The molecule has 3 heterocycles. The van der Waals surface area contributed by atoms with E-state index in [4.69, 9.17) is 6.42 Å². The fraction of sp³-hybridized carbons (Fsp3) is 0.273. The highest BCUT2D eigenvalue weighted by Gasteiger charge is 2.50. The van der Waals surface area contributed by atoms with Crippen LogP contribution in [0.1, 0.15) is 16.7 Å². The fourth-order valence-electron chi connectivity index (χ4n) is 6.12. The van der Waals surface area contributed by atoms with Crippen molar-refractivity contribution in [1.29, 1.82) is 0 Å². The van der Waals surface area contributed by atoms with Gasteiger partial charge in [0.25, 0.3) is 0 Å². The normalized spacial score (nSPS) is 18.8. The molecule has 0 radical (unpaired) electrons. The highest BCUT2D eigenvalue weighted by molar-refractivity contribution is 5.92. The molecule has 11 heteroatoms. The van der Waals surface area contributed by atoms with E-state index in [0.717, 1.165) is 27.6 Å². The molecule has 4 aromatic rings. The van der Waals surface area contributed by atoms with Crippen molar-refractivity contribution in [2.75, 3.05) is 20.1 Å². The third-order valence-electron chi connectivity index (χ3n) is 8.15. The van der Waals surface area contributed by atoms with Gasteiger partial charge in [0.05, 0.1) is 24.8 Å². The summed E-state index contributed by atoms with van der Waals surface area (Å²) in [6.45, 7) is 0.882. The molecule has 0 unspecified atom stereocenters. The van der Waals surface area contributed by atoms with Crippen LogP contribution >= 0.6 is 0 Å². The number of hydrogen-bond acceptors (Lipinski definition) is 6. The van der Waals surface area contributed by atoms with Crippen molar-refractivity contribution in [2.24, 2.45) is 0 Å². The first-order valence-electron chi connectivity index (χ1n) is 14.4. The van der Waals surface area contributed by atoms with E-state index in [1.165, 1.54) is 5.01 Å². The molecule has 2 fully saturated rings. The number of para-hydroxylation sites is 1. The average Bonchev–Trinajstić information content (AvgIpc) is 3.43. The number of likely N-dealkylation sites (N-methyl/N-ethyl adjacent to an activating group) is 1. The molecule has 0 aliphatic carbocycles. The summed E-state index contributed by atoms with van der Waals surface area (Å²) in [4.78, 5) is 44.8. The van der Waals surface area contributed by atoms with Crippen LogP contribution < -0.4 is 5.32 Å². The van der Waals surface area contributed by atoms with E-state index in [9.17, 15) is 19.5 Å². The van der Waals surface area contributed by atoms with Crippen LogP contribution in [0.25, 0.3) is 10.9 Å². The molecule has 1 aromatic heterocycles. The lowest BCUT2D eigenvalue weighted by atomic mass is 9.98. The molecule has 2 saturated heterocycles. The van der Waals surface area contributed by atoms with E-state index in [2.05, 4.69) is 16.3 Å². The second-order valence-corrected chi connectivity index (χ2v) is 11.1. The first kappa shape index (κ1) is 28.8. The molecule has 224 valence electrons. The van der Waals surface area contributed by atoms with Crippen molar-refractivity contribution in [2.45, 2.75) is 38.3 Å². The Morgan fingerprint density at radius 2 is 1.82 bits per heavy atom. The second kappa shape index (κ2) is 12.1. The van der Waals surface area contributed by atoms with Gasteiger partial charge >= 0.3 is 6.03 Å². The number of benzene rings is 3. The predicted octanol–water partition coefficient (Wildman–Crippen LogP) is 2.56. The first-order valence-corrected chi connectivity index (χ1v) is 14.4. The number of rotatable bonds is 7. The summed E-state index contributed by atoms with van der Waals surface area (Å²) in [5.41, 5.74) is 3.42. The van der Waals surface area contributed by atoms with E-state index in [1.54, 1.807) is 57.0 Å². The van der Waals surface area contributed by atoms with Gasteiger partial charge in [0, 0.05) is 31.9 Å². The van der Waals surface area contributed by atoms with Crippen LogP contribution in [-0.2, 0) is 35.6 Å². The van der Waals surface area contributed by atoms with Crippen LogP contribution in [-0.4, -0.2) is 84.9 Å². The van der Waals surface area contributed by atoms with Gasteiger partial charge in [0.2, 0.25) is 11.8 Å². The van der Waals surface area contributed by atoms with E-state index in [1.807, 2.05) is 48.5 Å². The predicted molar refractivity (Wildman–Crippen MR) is 163 cm³/mol. The number of piperazine rings is 1. The van der Waals surface area contributed by atoms with Gasteiger partial charge in [-0.15, -0.1) is 6.42 Å². The zero-order chi connectivity index (χ0) is 30.8. The summed E-state index contributed by atoms with van der Waals surface area (Å²) in [5, 5.41) is 21.3. The van der Waals surface area contributed by atoms with Gasteiger partial charge in [-0.1, -0.05) is 66.6 Å². The number of hydrazine groups is 1. The van der Waals surface area contributed by atoms with Crippen molar-refractivity contribution in [1.82, 2.24) is 34.9 Å². The van der Waals surface area contributed by atoms with E-state index >= 15 is 0 Å². The molecule has 4 amide bonds. The zero-order valence-electron chi connectivity index (χ0n) is 24.3. The number of phenolic OH excluding ortho intramolecular Hbond substituents is 1. The number of carbonyl (C=O) groups is 3. The van der Waals surface area contributed by atoms with Crippen LogP contribution in [0, 0.1) is 12.3 Å². The fourth-order valence-corrected chi connectivity index (χ4v) is 6.12. The Morgan fingerprint density at radius 1 is 1.05 bits per heavy atom. The molecule has 2 N–H and O–H groups in total. The molecule has 0 bridgehead atoms. The summed E-state index contributed by atoms with van der Waals surface area (Å²) in [7, 11) is 1.70. The van der Waals surface area contributed by atoms with Crippen LogP contribution in [0.4, 0.5) is 4.79 Å². The molecule has 2 aliphatic heterocycles. The summed E-state index contributed by atoms with van der Waals surface area (Å²) < 4.78 is 1.74. The quantitative estimate of drug-likeness (QED) is 0.320. The maximum atomic E-state index is 14.3. The number of fused-ring (bicyclic) bond motifs is 2. The Labute approximate surface area is 255 Å². The summed E-state index contributed by atoms with van der Waals surface area (Å²) >= 11 is 0. The number of nitrogens with one attached hydrogen (secondary N) is 1. The molecule has 11 nitrogen and oxygen atoms in total. The smallest absolute Gasteiger partial charge is 0.334 e. The molecular weight excluding hydrogens is 558 g/mol. The summed E-state index contributed by atoms with van der Waals surface area (Å²) in [6, 6.07) is 20.7. The first-order chi connectivity index (χ1) is 21.3. The maximum Gasteiger partial charge on any atom is 0.334 e. The van der Waals surface area contributed by atoms with Gasteiger partial charge < -0.3 is 20.2 Å². The van der Waals surface area contributed by atoms with Crippen LogP contribution in [0.2, 0.25) is 0 Å². The largest absolute Gasteiger partial charge is 0.508 e. The lowest BCUT2D eigenvalue weighted by Crippen LogP contribution is -2.76. The van der Waals surface area contributed by atoms with Crippen LogP contribution in [0.5, 0.6) is 5.75 Å². The van der Waals surface area contributed by atoms with Gasteiger partial charge in [-0.3, -0.25) is 14.3 Å². The van der Waals surface area contributed by atoms with E-state index in [-0.39, 0.29) is 56.2 Å². The number of aromatic nitrogens is 2. The average molecular weight is 592 g/mol. The van der Waals surface area contributed by atoms with Crippen LogP contribution in [0.15, 0.2) is 79.0 Å². The van der Waals surface area contributed by atoms with Crippen LogP contribution in [0.3, 0.4) is 0 Å². The number of nitrogens with zero attached hydrogens (tertiary/aromatic N) is 6. The zero-order valence-corrected chi connectivity index (χ0v) is 24.3. The topological polar surface area (TPSA) is 114 Å². The molecule has 2 atom stereocenters.